The first-order valence-corrected chi connectivity index (χ1v) is 6.51. The third-order valence-electron chi connectivity index (χ3n) is 2.98. The summed E-state index contributed by atoms with van der Waals surface area (Å²) in [6, 6.07) is 10.2. The average molecular weight is 254 g/mol. The van der Waals surface area contributed by atoms with Gasteiger partial charge in [-0.05, 0) is 32.4 Å². The first kappa shape index (κ1) is 12.0. The van der Waals surface area contributed by atoms with Crippen LogP contribution in [0.5, 0.6) is 0 Å². The van der Waals surface area contributed by atoms with Gasteiger partial charge in [-0.15, -0.1) is 0 Å². The fourth-order valence-corrected chi connectivity index (χ4v) is 2.23. The lowest BCUT2D eigenvalue weighted by Gasteiger charge is -2.22. The van der Waals surface area contributed by atoms with E-state index in [1.165, 1.54) is 5.56 Å². The van der Waals surface area contributed by atoms with E-state index in [4.69, 9.17) is 0 Å². The highest BCUT2D eigenvalue weighted by Crippen LogP contribution is 2.27. The van der Waals surface area contributed by atoms with Crippen molar-refractivity contribution in [3.63, 3.8) is 0 Å². The predicted octanol–water partition coefficient (Wildman–Crippen LogP) is 3.23. The first-order valence-electron chi connectivity index (χ1n) is 6.51. The van der Waals surface area contributed by atoms with Crippen LogP contribution in [-0.4, -0.2) is 21.2 Å². The van der Waals surface area contributed by atoms with E-state index in [1.54, 1.807) is 6.20 Å². The smallest absolute Gasteiger partial charge is 0.137 e. The van der Waals surface area contributed by atoms with E-state index in [0.717, 1.165) is 23.8 Å². The Balaban J connectivity index is 1.92. The van der Waals surface area contributed by atoms with E-state index in [-0.39, 0.29) is 5.54 Å². The van der Waals surface area contributed by atoms with Gasteiger partial charge in [0.05, 0.1) is 11.9 Å². The van der Waals surface area contributed by atoms with Crippen molar-refractivity contribution in [2.45, 2.75) is 32.7 Å². The normalized spacial score (nSPS) is 14.2. The van der Waals surface area contributed by atoms with Gasteiger partial charge in [-0.25, -0.2) is 9.67 Å². The lowest BCUT2D eigenvalue weighted by atomic mass is 10.1. The zero-order chi connectivity index (χ0) is 13.5. The number of aromatic nitrogens is 2. The average Bonchev–Trinajstić information content (AvgIpc) is 2.91. The second kappa shape index (κ2) is 4.23. The molecule has 1 aromatic carbocycles. The van der Waals surface area contributed by atoms with Gasteiger partial charge in [0.1, 0.15) is 11.7 Å². The molecule has 0 radical (unpaired) electrons. The van der Waals surface area contributed by atoms with Crippen molar-refractivity contribution in [1.82, 2.24) is 9.78 Å². The van der Waals surface area contributed by atoms with Gasteiger partial charge in [0.25, 0.3) is 0 Å². The number of nitrogens with one attached hydrogen (secondary N) is 1. The van der Waals surface area contributed by atoms with Crippen molar-refractivity contribution >= 4 is 17.3 Å². The summed E-state index contributed by atoms with van der Waals surface area (Å²) in [6.45, 7) is 6.40. The largest absolute Gasteiger partial charge is 0.365 e. The van der Waals surface area contributed by atoms with Crippen molar-refractivity contribution in [2.75, 3.05) is 5.32 Å². The van der Waals surface area contributed by atoms with Gasteiger partial charge in [-0.2, -0.15) is 5.10 Å². The molecule has 0 fully saturated rings. The lowest BCUT2D eigenvalue weighted by Crippen LogP contribution is -2.29. The summed E-state index contributed by atoms with van der Waals surface area (Å²) in [7, 11) is 0. The topological polar surface area (TPSA) is 42.2 Å². The predicted molar refractivity (Wildman–Crippen MR) is 78.2 cm³/mol. The molecule has 19 heavy (non-hydrogen) atoms. The van der Waals surface area contributed by atoms with Gasteiger partial charge in [-0.3, -0.25) is 0 Å². The summed E-state index contributed by atoms with van der Waals surface area (Å²) < 4.78 is 1.89. The molecule has 2 aromatic rings. The van der Waals surface area contributed by atoms with Crippen LogP contribution in [0.15, 0.2) is 41.5 Å². The van der Waals surface area contributed by atoms with Gasteiger partial charge in [0.15, 0.2) is 0 Å². The standard InChI is InChI=1S/C15H18N4/c1-15(2,3)18-13-8-9-16-19(13)14-10-11-6-4-5-7-12(11)17-14/h4-9,18H,10H2,1-3H3. The van der Waals surface area contributed by atoms with E-state index < -0.39 is 0 Å². The number of aliphatic imine (C=N–C) groups is 1. The quantitative estimate of drug-likeness (QED) is 0.849. The molecule has 0 atom stereocenters. The molecule has 1 N–H and O–H groups in total. The van der Waals surface area contributed by atoms with Crippen LogP contribution in [0.4, 0.5) is 11.5 Å². The Morgan fingerprint density at radius 3 is 2.68 bits per heavy atom. The van der Waals surface area contributed by atoms with Crippen LogP contribution in [0.25, 0.3) is 0 Å². The fraction of sp³-hybridized carbons (Fsp3) is 0.333. The number of anilines is 1. The first-order chi connectivity index (χ1) is 9.03. The Bertz CT molecular complexity index is 632. The van der Waals surface area contributed by atoms with E-state index in [1.807, 2.05) is 22.9 Å². The third kappa shape index (κ3) is 2.38. The lowest BCUT2D eigenvalue weighted by molar-refractivity contribution is 0.626. The Hall–Kier alpha value is -2.10. The van der Waals surface area contributed by atoms with Crippen LogP contribution in [0.2, 0.25) is 0 Å². The molecule has 0 spiro atoms. The zero-order valence-electron chi connectivity index (χ0n) is 11.5. The van der Waals surface area contributed by atoms with Crippen molar-refractivity contribution in [2.24, 2.45) is 4.99 Å². The number of nitrogens with zero attached hydrogens (tertiary/aromatic N) is 3. The van der Waals surface area contributed by atoms with Gasteiger partial charge < -0.3 is 5.32 Å². The van der Waals surface area contributed by atoms with Gasteiger partial charge >= 0.3 is 0 Å². The number of benzene rings is 1. The maximum atomic E-state index is 4.66. The molecule has 0 unspecified atom stereocenters. The maximum absolute atomic E-state index is 4.66. The van der Waals surface area contributed by atoms with Crippen molar-refractivity contribution in [1.29, 1.82) is 0 Å². The summed E-state index contributed by atoms with van der Waals surface area (Å²) in [5.74, 6) is 1.96. The highest BCUT2D eigenvalue weighted by Gasteiger charge is 2.20. The Morgan fingerprint density at radius 1 is 1.16 bits per heavy atom. The summed E-state index contributed by atoms with van der Waals surface area (Å²) in [5, 5.41) is 7.84. The molecule has 0 saturated carbocycles. The van der Waals surface area contributed by atoms with Crippen LogP contribution in [0, 0.1) is 0 Å². The molecule has 4 nitrogen and oxygen atoms in total. The zero-order valence-corrected chi connectivity index (χ0v) is 11.5. The van der Waals surface area contributed by atoms with Crippen LogP contribution in [0.1, 0.15) is 26.3 Å². The second-order valence-electron chi connectivity index (χ2n) is 5.84. The van der Waals surface area contributed by atoms with E-state index >= 15 is 0 Å². The Kier molecular flexibility index (Phi) is 2.66. The molecule has 3 rings (SSSR count). The van der Waals surface area contributed by atoms with Crippen LogP contribution in [0.3, 0.4) is 0 Å². The monoisotopic (exact) mass is 254 g/mol. The number of fused-ring (bicyclic) bond motifs is 1. The Labute approximate surface area is 113 Å². The fourth-order valence-electron chi connectivity index (χ4n) is 2.23. The molecule has 0 saturated heterocycles. The number of para-hydroxylation sites is 1. The van der Waals surface area contributed by atoms with Crippen LogP contribution in [-0.2, 0) is 6.42 Å². The summed E-state index contributed by atoms with van der Waals surface area (Å²) in [4.78, 5) is 4.66. The number of rotatable bonds is 1. The number of hydrogen-bond donors (Lipinski definition) is 1. The Morgan fingerprint density at radius 2 is 1.95 bits per heavy atom. The van der Waals surface area contributed by atoms with Gasteiger partial charge in [-0.1, -0.05) is 18.2 Å². The maximum Gasteiger partial charge on any atom is 0.137 e. The highest BCUT2D eigenvalue weighted by molar-refractivity contribution is 5.95. The molecular weight excluding hydrogens is 236 g/mol. The highest BCUT2D eigenvalue weighted by atomic mass is 15.4. The summed E-state index contributed by atoms with van der Waals surface area (Å²) in [5.41, 5.74) is 2.31. The molecule has 0 aliphatic carbocycles. The van der Waals surface area contributed by atoms with Crippen LogP contribution < -0.4 is 5.32 Å². The minimum atomic E-state index is 0.00377. The molecular formula is C15H18N4. The van der Waals surface area contributed by atoms with Gasteiger partial charge in [0, 0.05) is 18.0 Å². The third-order valence-corrected chi connectivity index (χ3v) is 2.98. The van der Waals surface area contributed by atoms with Gasteiger partial charge in [0.2, 0.25) is 0 Å². The SMILES string of the molecule is CC(C)(C)Nc1ccnn1C1=Nc2ccccc2C1. The second-order valence-corrected chi connectivity index (χ2v) is 5.84. The van der Waals surface area contributed by atoms with E-state index in [2.05, 4.69) is 48.3 Å². The van der Waals surface area contributed by atoms with E-state index in [9.17, 15) is 0 Å². The summed E-state index contributed by atoms with van der Waals surface area (Å²) in [6.07, 6.45) is 2.64. The minimum absolute atomic E-state index is 0.00377. The molecule has 1 aromatic heterocycles. The molecule has 0 bridgehead atoms. The van der Waals surface area contributed by atoms with Crippen molar-refractivity contribution < 1.29 is 0 Å². The number of hydrogen-bond acceptors (Lipinski definition) is 3. The molecule has 98 valence electrons. The minimum Gasteiger partial charge on any atom is -0.365 e. The van der Waals surface area contributed by atoms with Crippen molar-refractivity contribution in [3.05, 3.63) is 42.1 Å². The van der Waals surface area contributed by atoms with Crippen molar-refractivity contribution in [3.8, 4) is 0 Å². The molecule has 1 aliphatic heterocycles. The van der Waals surface area contributed by atoms with Crippen LogP contribution >= 0.6 is 0 Å². The molecule has 1 aliphatic rings. The summed E-state index contributed by atoms with van der Waals surface area (Å²) >= 11 is 0. The van der Waals surface area contributed by atoms with E-state index in [0.29, 0.717) is 0 Å². The molecule has 0 amide bonds. The molecule has 2 heterocycles. The molecule has 4 heteroatoms.